The molecule has 26 heavy (non-hydrogen) atoms. The smallest absolute Gasteiger partial charge is 0.269 e. The molecule has 7 heteroatoms. The van der Waals surface area contributed by atoms with Crippen LogP contribution in [-0.4, -0.2) is 23.1 Å². The van der Waals surface area contributed by atoms with Crippen LogP contribution < -0.4 is 14.8 Å². The number of rotatable bonds is 4. The Morgan fingerprint density at radius 1 is 1.19 bits per heavy atom. The van der Waals surface area contributed by atoms with Gasteiger partial charge in [-0.1, -0.05) is 40.5 Å². The number of nitro groups is 1. The lowest BCUT2D eigenvalue weighted by atomic mass is 10.3. The van der Waals surface area contributed by atoms with E-state index in [1.165, 1.54) is 25.0 Å². The molecule has 0 amide bonds. The zero-order chi connectivity index (χ0) is 19.4. The molecule has 1 aliphatic rings. The first-order chi connectivity index (χ1) is 12.7. The van der Waals surface area contributed by atoms with E-state index in [9.17, 15) is 10.1 Å². The van der Waals surface area contributed by atoms with E-state index in [1.54, 1.807) is 24.4 Å². The first-order valence-corrected chi connectivity index (χ1v) is 8.93. The lowest BCUT2D eigenvalue weighted by molar-refractivity contribution is -0.384. The van der Waals surface area contributed by atoms with E-state index in [0.29, 0.717) is 36.2 Å². The fraction of sp³-hybridized carbons (Fsp3) is 0.421. The van der Waals surface area contributed by atoms with E-state index in [-0.39, 0.29) is 5.69 Å². The Balaban J connectivity index is 0.000000500. The molecule has 0 aliphatic carbocycles. The van der Waals surface area contributed by atoms with Crippen molar-refractivity contribution in [2.45, 2.75) is 40.5 Å². The minimum atomic E-state index is -0.453. The first-order valence-electron chi connectivity index (χ1n) is 8.93. The number of fused-ring (bicyclic) bond motifs is 1. The number of non-ortho nitro benzene ring substituents is 1. The molecule has 2 heterocycles. The number of nitro benzene ring substituents is 1. The minimum absolute atomic E-state index is 0.0204. The van der Waals surface area contributed by atoms with Gasteiger partial charge < -0.3 is 14.8 Å². The summed E-state index contributed by atoms with van der Waals surface area (Å²) < 4.78 is 11.2. The van der Waals surface area contributed by atoms with Gasteiger partial charge in [0.15, 0.2) is 11.6 Å². The predicted octanol–water partition coefficient (Wildman–Crippen LogP) is 5.42. The van der Waals surface area contributed by atoms with Gasteiger partial charge in [0.1, 0.15) is 12.4 Å². The van der Waals surface area contributed by atoms with Gasteiger partial charge in [-0.25, -0.2) is 4.98 Å². The normalized spacial score (nSPS) is 11.2. The van der Waals surface area contributed by atoms with Crippen molar-refractivity contribution < 1.29 is 14.4 Å². The summed E-state index contributed by atoms with van der Waals surface area (Å²) in [6.45, 7) is 9.59. The van der Waals surface area contributed by atoms with Crippen LogP contribution in [0.2, 0.25) is 0 Å². The maximum absolute atomic E-state index is 10.6. The molecule has 7 nitrogen and oxygen atoms in total. The number of nitrogens with zero attached hydrogens (tertiary/aromatic N) is 2. The zero-order valence-electron chi connectivity index (χ0n) is 15.8. The second-order valence-corrected chi connectivity index (χ2v) is 5.12. The molecule has 0 saturated heterocycles. The van der Waals surface area contributed by atoms with Crippen molar-refractivity contribution in [3.63, 3.8) is 0 Å². The van der Waals surface area contributed by atoms with E-state index in [2.05, 4.69) is 24.1 Å². The summed E-state index contributed by atoms with van der Waals surface area (Å²) in [4.78, 5) is 14.3. The van der Waals surface area contributed by atoms with Crippen LogP contribution in [0.4, 0.5) is 11.5 Å². The highest BCUT2D eigenvalue weighted by molar-refractivity contribution is 5.60. The molecule has 0 saturated carbocycles. The molecule has 1 N–H and O–H groups in total. The van der Waals surface area contributed by atoms with Crippen molar-refractivity contribution in [1.82, 2.24) is 4.98 Å². The van der Waals surface area contributed by atoms with Gasteiger partial charge in [0.2, 0.25) is 5.75 Å². The lowest BCUT2D eigenvalue weighted by Crippen LogP contribution is -2.19. The van der Waals surface area contributed by atoms with Crippen LogP contribution >= 0.6 is 0 Å². The van der Waals surface area contributed by atoms with Gasteiger partial charge in [0.05, 0.1) is 11.5 Å². The zero-order valence-corrected chi connectivity index (χ0v) is 15.8. The number of anilines is 1. The Labute approximate surface area is 154 Å². The van der Waals surface area contributed by atoms with E-state index in [1.807, 2.05) is 13.8 Å². The van der Waals surface area contributed by atoms with Crippen LogP contribution in [0.3, 0.4) is 0 Å². The molecule has 3 rings (SSSR count). The summed E-state index contributed by atoms with van der Waals surface area (Å²) in [7, 11) is 0. The van der Waals surface area contributed by atoms with E-state index >= 15 is 0 Å². The molecule has 1 aromatic carbocycles. The summed E-state index contributed by atoms with van der Waals surface area (Å²) in [5.74, 6) is 2.21. The second kappa shape index (κ2) is 11.7. The molecule has 0 unspecified atom stereocenters. The topological polar surface area (TPSA) is 86.5 Å². The third kappa shape index (κ3) is 6.23. The van der Waals surface area contributed by atoms with Crippen LogP contribution in [0.5, 0.6) is 17.2 Å². The van der Waals surface area contributed by atoms with Gasteiger partial charge >= 0.3 is 0 Å². The Hall–Kier alpha value is -2.83. The molecule has 2 aromatic rings. The highest BCUT2D eigenvalue weighted by Crippen LogP contribution is 2.37. The summed E-state index contributed by atoms with van der Waals surface area (Å²) in [5.41, 5.74) is 0.0204. The molecular formula is C19H27N3O4. The molecule has 0 spiro atoms. The summed E-state index contributed by atoms with van der Waals surface area (Å²) >= 11 is 0. The van der Waals surface area contributed by atoms with Gasteiger partial charge in [-0.15, -0.1) is 0 Å². The monoisotopic (exact) mass is 361 g/mol. The fourth-order valence-corrected chi connectivity index (χ4v) is 1.86. The first kappa shape index (κ1) is 21.2. The predicted molar refractivity (Wildman–Crippen MR) is 103 cm³/mol. The number of unbranched alkanes of at least 4 members (excludes halogenated alkanes) is 1. The maximum Gasteiger partial charge on any atom is 0.269 e. The molecule has 0 atom stereocenters. The average Bonchev–Trinajstić information content (AvgIpc) is 2.70. The molecular weight excluding hydrogens is 334 g/mol. The summed E-state index contributed by atoms with van der Waals surface area (Å²) in [6, 6.07) is 7.56. The van der Waals surface area contributed by atoms with Crippen LogP contribution in [0.15, 0.2) is 36.5 Å². The van der Waals surface area contributed by atoms with Crippen LogP contribution in [0.1, 0.15) is 40.5 Å². The molecule has 0 bridgehead atoms. The molecule has 142 valence electrons. The Bertz CT molecular complexity index is 673. The number of ether oxygens (including phenoxy) is 2. The lowest BCUT2D eigenvalue weighted by Gasteiger charge is -2.20. The largest absolute Gasteiger partial charge is 0.485 e. The average molecular weight is 361 g/mol. The summed E-state index contributed by atoms with van der Waals surface area (Å²) in [6.07, 6.45) is 4.25. The van der Waals surface area contributed by atoms with Crippen molar-refractivity contribution in [1.29, 1.82) is 0 Å². The third-order valence-corrected chi connectivity index (χ3v) is 3.28. The molecule has 0 radical (unpaired) electrons. The standard InChI is InChI=1S/C13H11N3O4.C4H10.C2H6/c17-16(18)9-1-3-10(4-2-9)20-11-5-6-14-13-12(11)19-8-7-15-13;1-3-4-2;1-2/h1-6H,7-8H2,(H,14,15);3-4H2,1-2H3;1-2H3. The number of hydrogen-bond acceptors (Lipinski definition) is 6. The number of nitrogens with one attached hydrogen (secondary N) is 1. The number of pyridine rings is 1. The van der Waals surface area contributed by atoms with Crippen LogP contribution in [-0.2, 0) is 0 Å². The van der Waals surface area contributed by atoms with Crippen molar-refractivity contribution >= 4 is 11.5 Å². The second-order valence-electron chi connectivity index (χ2n) is 5.12. The van der Waals surface area contributed by atoms with Gasteiger partial charge in [0.25, 0.3) is 5.69 Å². The Kier molecular flexibility index (Phi) is 9.53. The van der Waals surface area contributed by atoms with Crippen molar-refractivity contribution in [2.24, 2.45) is 0 Å². The number of hydrogen-bond donors (Lipinski definition) is 1. The van der Waals surface area contributed by atoms with Crippen molar-refractivity contribution in [3.8, 4) is 17.2 Å². The van der Waals surface area contributed by atoms with Crippen LogP contribution in [0.25, 0.3) is 0 Å². The van der Waals surface area contributed by atoms with Gasteiger partial charge in [-0.05, 0) is 12.1 Å². The van der Waals surface area contributed by atoms with Crippen LogP contribution in [0, 0.1) is 10.1 Å². The Morgan fingerprint density at radius 3 is 2.42 bits per heavy atom. The summed E-state index contributed by atoms with van der Waals surface area (Å²) in [5, 5.41) is 13.7. The van der Waals surface area contributed by atoms with Gasteiger partial charge in [-0.3, -0.25) is 10.1 Å². The van der Waals surface area contributed by atoms with Crippen molar-refractivity contribution in [3.05, 3.63) is 46.6 Å². The molecule has 0 fully saturated rings. The number of aromatic nitrogens is 1. The fourth-order valence-electron chi connectivity index (χ4n) is 1.86. The minimum Gasteiger partial charge on any atom is -0.485 e. The van der Waals surface area contributed by atoms with E-state index < -0.39 is 4.92 Å². The van der Waals surface area contributed by atoms with Gasteiger partial charge in [-0.2, -0.15) is 0 Å². The third-order valence-electron chi connectivity index (χ3n) is 3.28. The highest BCUT2D eigenvalue weighted by atomic mass is 16.6. The van der Waals surface area contributed by atoms with E-state index in [0.717, 1.165) is 0 Å². The van der Waals surface area contributed by atoms with Crippen molar-refractivity contribution in [2.75, 3.05) is 18.5 Å². The number of benzene rings is 1. The van der Waals surface area contributed by atoms with Gasteiger partial charge in [0, 0.05) is 24.4 Å². The quantitative estimate of drug-likeness (QED) is 0.578. The van der Waals surface area contributed by atoms with E-state index in [4.69, 9.17) is 9.47 Å². The Morgan fingerprint density at radius 2 is 1.85 bits per heavy atom. The maximum atomic E-state index is 10.6. The molecule has 1 aliphatic heterocycles. The molecule has 1 aromatic heterocycles. The SMILES string of the molecule is CC.CCCC.O=[N+]([O-])c1ccc(Oc2ccnc3c2OCCN3)cc1. The highest BCUT2D eigenvalue weighted by Gasteiger charge is 2.17.